The number of hydrogen-bond acceptors (Lipinski definition) is 2. The lowest BCUT2D eigenvalue weighted by atomic mass is 10.1. The smallest absolute Gasteiger partial charge is 0.130 e. The van der Waals surface area contributed by atoms with E-state index in [1.54, 1.807) is 0 Å². The second-order valence-electron chi connectivity index (χ2n) is 7.73. The van der Waals surface area contributed by atoms with E-state index >= 15 is 0 Å². The number of nitrogens with zero attached hydrogens (tertiary/aromatic N) is 1. The maximum atomic E-state index is 8.65. The van der Waals surface area contributed by atoms with Gasteiger partial charge in [-0.2, -0.15) is 0 Å². The van der Waals surface area contributed by atoms with Crippen LogP contribution in [-0.4, -0.2) is 58.0 Å². The lowest BCUT2D eigenvalue weighted by Gasteiger charge is -2.29. The number of hydrogen-bond donors (Lipinski definition) is 0. The zero-order chi connectivity index (χ0) is 95.2. The van der Waals surface area contributed by atoms with E-state index in [4.69, 9.17) is 105 Å². The van der Waals surface area contributed by atoms with Crippen LogP contribution in [0.15, 0.2) is 24.2 Å². The third kappa shape index (κ3) is 39.5. The molecule has 45 heavy (non-hydrogen) atoms. The maximum Gasteiger partial charge on any atom is 0.130 e. The Labute approximate surface area is 383 Å². The molecule has 0 aromatic carbocycles. The van der Waals surface area contributed by atoms with Gasteiger partial charge in [0.1, 0.15) is 12.6 Å². The summed E-state index contributed by atoms with van der Waals surface area (Å²) in [6.07, 6.45) is -145. The van der Waals surface area contributed by atoms with Gasteiger partial charge in [0.2, 0.25) is 0 Å². The first-order valence-electron chi connectivity index (χ1n) is 46.9. The van der Waals surface area contributed by atoms with Crippen LogP contribution in [0.25, 0.3) is 0 Å². The lowest BCUT2D eigenvalue weighted by Crippen LogP contribution is -2.44. The molecule has 1 atom stereocenters. The van der Waals surface area contributed by atoms with Gasteiger partial charge in [-0.1, -0.05) is 153 Å². The molecule has 0 rings (SSSR count). The number of quaternary nitrogens is 1. The third-order valence-electron chi connectivity index (χ3n) is 3.30. The van der Waals surface area contributed by atoms with Gasteiger partial charge in [0.05, 0.1) is 38.7 Å². The van der Waals surface area contributed by atoms with Gasteiger partial charge >= 0.3 is 0 Å². The zero-order valence-corrected chi connectivity index (χ0v) is 24.3. The Balaban J connectivity index is 8.13. The Morgan fingerprint density at radius 1 is 0.511 bits per heavy atom. The van der Waals surface area contributed by atoms with Gasteiger partial charge in [-0.25, -0.2) is 0 Å². The van der Waals surface area contributed by atoms with Crippen molar-refractivity contribution in [2.45, 2.75) is 198 Å². The summed E-state index contributed by atoms with van der Waals surface area (Å²) in [4.78, 5) is 0. The van der Waals surface area contributed by atoms with E-state index in [9.17, 15) is 0 Å². The number of allylic oxidation sites excluding steroid dienone is 4. The molecule has 268 valence electrons. The second-order valence-corrected chi connectivity index (χ2v) is 7.73. The van der Waals surface area contributed by atoms with Crippen LogP contribution >= 0.6 is 0 Å². The molecule has 0 aliphatic heterocycles. The molecule has 3 heteroatoms. The van der Waals surface area contributed by atoms with Crippen molar-refractivity contribution in [2.75, 3.05) is 47.4 Å². The topological polar surface area (TPSA) is 18.5 Å². The van der Waals surface area contributed by atoms with Crippen LogP contribution < -0.4 is 0 Å². The lowest BCUT2D eigenvalue weighted by molar-refractivity contribution is -0.873. The van der Waals surface area contributed by atoms with Crippen molar-refractivity contribution in [3.8, 4) is 0 Å². The van der Waals surface area contributed by atoms with Gasteiger partial charge < -0.3 is 14.0 Å². The molecule has 0 N–H and O–H groups in total. The largest absolute Gasteiger partial charge is 0.379 e. The summed E-state index contributed by atoms with van der Waals surface area (Å²) in [6.45, 7) is -20.9. The molecular formula is C42H84NO2+. The van der Waals surface area contributed by atoms with Crippen LogP contribution in [0.4, 0.5) is 0 Å². The summed E-state index contributed by atoms with van der Waals surface area (Å²) in [5, 5.41) is 0. The van der Waals surface area contributed by atoms with Crippen molar-refractivity contribution in [1.82, 2.24) is 0 Å². The molecule has 0 aliphatic rings. The minimum Gasteiger partial charge on any atom is -0.379 e. The first kappa shape index (κ1) is 6.49. The Bertz CT molecular complexity index is 3520. The minimum atomic E-state index is -5.34. The molecule has 1 unspecified atom stereocenters. The fourth-order valence-electron chi connectivity index (χ4n) is 1.94. The summed E-state index contributed by atoms with van der Waals surface area (Å²) in [5.74, 6) is 0. The van der Waals surface area contributed by atoms with Crippen LogP contribution in [0.2, 0.25) is 0 Å². The maximum absolute atomic E-state index is 8.65. The highest BCUT2D eigenvalue weighted by Crippen LogP contribution is 2.12. The highest BCUT2D eigenvalue weighted by molar-refractivity contribution is 4.82. The van der Waals surface area contributed by atoms with Gasteiger partial charge in [-0.3, -0.25) is 0 Å². The summed E-state index contributed by atoms with van der Waals surface area (Å²) in [6, 6.07) is -11.1. The monoisotopic (exact) mass is 705 g/mol. The molecule has 0 bridgehead atoms. The van der Waals surface area contributed by atoms with Crippen LogP contribution in [0.1, 0.15) is 288 Å². The van der Waals surface area contributed by atoms with Crippen molar-refractivity contribution in [2.24, 2.45) is 0 Å². The second kappa shape index (κ2) is 36.2. The minimum absolute atomic E-state index is 0.702. The molecule has 0 aromatic heterocycles. The van der Waals surface area contributed by atoms with E-state index in [-0.39, 0.29) is 0 Å². The molecule has 0 spiro atoms. The number of rotatable bonds is 37. The average Bonchev–Trinajstić information content (AvgIpc) is 0.698. The summed E-state index contributed by atoms with van der Waals surface area (Å²) >= 11 is 0. The summed E-state index contributed by atoms with van der Waals surface area (Å²) in [5.41, 5.74) is 0. The number of ether oxygens (including phenoxy) is 2. The van der Waals surface area contributed by atoms with E-state index in [2.05, 4.69) is 0 Å². The van der Waals surface area contributed by atoms with Gasteiger partial charge in [-0.15, -0.1) is 0 Å². The van der Waals surface area contributed by atoms with Crippen LogP contribution in [0, 0.1) is 0 Å². The molecule has 0 heterocycles. The van der Waals surface area contributed by atoms with E-state index < -0.39 is 253 Å². The zero-order valence-electron chi connectivity index (χ0n) is 94.3. The predicted octanol–water partition coefficient (Wildman–Crippen LogP) is 13.2. The molecule has 0 fully saturated rings. The normalized spacial score (nSPS) is 47.1. The third-order valence-corrected chi connectivity index (χ3v) is 3.30. The highest BCUT2D eigenvalue weighted by Gasteiger charge is 2.19. The van der Waals surface area contributed by atoms with Crippen molar-refractivity contribution < 1.29 is 110 Å². The molecule has 0 radical (unpaired) electrons. The van der Waals surface area contributed by atoms with Gasteiger partial charge in [0.25, 0.3) is 0 Å². The molecule has 3 nitrogen and oxygen atoms in total. The fourth-order valence-corrected chi connectivity index (χ4v) is 1.94. The first-order valence-corrected chi connectivity index (χ1v) is 11.9. The van der Waals surface area contributed by atoms with Crippen molar-refractivity contribution >= 4 is 0 Å². The quantitative estimate of drug-likeness (QED) is 0.0473. The summed E-state index contributed by atoms with van der Waals surface area (Å²) < 4.78 is 589. The Hall–Kier alpha value is -0.640. The average molecular weight is 706 g/mol. The Kier molecular flexibility index (Phi) is 5.22. The fraction of sp³-hybridized carbons (Fsp3) is 0.905. The molecule has 0 saturated carbocycles. The molecule has 0 aliphatic carbocycles. The predicted molar refractivity (Wildman–Crippen MR) is 202 cm³/mol. The standard InChI is InChI=1S/C42H84NO2/c1-6-8-10-12-14-16-18-20-22-24-26-28-30-32-34-36-38-44-41-42(40-43(3,4)5)45-39-37-35-33-31-29-27-25-23-21-19-17-15-13-11-9-7-2/h20-23,42H,6-19,24-41H2,1-5H3/q+1/b22-20-,23-21-/i1D3,2D3,6D2,7D2,8D2,9D2,10D2,11D2,12D2,13D2,14D2,15D2,16D2,17D2,18D2,19D2,20D,21D,22D,23D,24D2,25D2,26D2,27D2,28D2,29D2,30D2,31D2,32D2,33D2,34D2,35D2,36D2,37D2,38D2,39D2. The molecular weight excluding hydrogens is 550 g/mol. The SMILES string of the molecule is [2H]/C(=C(\[2H])C([2H])([2H])C([2H])([2H])C([2H])([2H])C([2H])([2H])C([2H])([2H])C([2H])([2H])C([2H])([2H])C([2H])([2H])OCC(C[N+](C)(C)C)OC([2H])([2H])C([2H])([2H])C([2H])([2H])C([2H])([2H])C([2H])([2H])C([2H])([2H])C([2H])([2H])C([2H])([2H])/C([2H])=C(/[2H])C([2H])([2H])C([2H])([2H])C([2H])([2H])C([2H])([2H])C([2H])([2H])C([2H])([2H])C([2H])([2H])C([2H])([2H])[2H])C([2H])([2H])C([2H])([2H])C([2H])([2H])C([2H])([2H])C([2H])([2H])C([2H])([2H])C([2H])([2H])C([2H])([2H])[2H]. The van der Waals surface area contributed by atoms with Crippen LogP contribution in [0.5, 0.6) is 0 Å². The number of likely N-dealkylation sites (N-methyl/N-ethyl adjacent to an activating group) is 1. The van der Waals surface area contributed by atoms with E-state index in [0.717, 1.165) is 21.1 Å². The molecule has 0 aromatic rings. The first-order chi connectivity index (χ1) is 48.4. The van der Waals surface area contributed by atoms with Crippen molar-refractivity contribution in [3.63, 3.8) is 0 Å². The summed E-state index contributed by atoms with van der Waals surface area (Å²) in [7, 11) is 3.36. The van der Waals surface area contributed by atoms with Crippen molar-refractivity contribution in [3.05, 3.63) is 24.2 Å². The van der Waals surface area contributed by atoms with Crippen LogP contribution in [-0.2, 0) is 9.47 Å². The van der Waals surface area contributed by atoms with Gasteiger partial charge in [0.15, 0.2) is 0 Å². The van der Waals surface area contributed by atoms with E-state index in [1.165, 1.54) is 0 Å². The van der Waals surface area contributed by atoms with E-state index in [0.29, 0.717) is 0 Å². The molecule has 0 saturated heterocycles. The van der Waals surface area contributed by atoms with Gasteiger partial charge in [0, 0.05) is 98.1 Å². The van der Waals surface area contributed by atoms with Crippen molar-refractivity contribution in [1.29, 1.82) is 0 Å². The highest BCUT2D eigenvalue weighted by atomic mass is 16.5. The van der Waals surface area contributed by atoms with E-state index in [1.807, 2.05) is 0 Å². The van der Waals surface area contributed by atoms with Crippen LogP contribution in [0.3, 0.4) is 0 Å². The molecule has 0 amide bonds. The Morgan fingerprint density at radius 2 is 0.867 bits per heavy atom. The van der Waals surface area contributed by atoms with Gasteiger partial charge in [-0.05, 0) is 63.7 Å². The Morgan fingerprint density at radius 3 is 1.27 bits per heavy atom.